The van der Waals surface area contributed by atoms with Gasteiger partial charge >= 0.3 is 0 Å². The maximum Gasteiger partial charge on any atom is 0.106 e. The van der Waals surface area contributed by atoms with E-state index < -0.39 is 0 Å². The Morgan fingerprint density at radius 3 is 2.65 bits per heavy atom. The summed E-state index contributed by atoms with van der Waals surface area (Å²) in [6.45, 7) is 6.81. The molecule has 2 rings (SSSR count). The molecule has 0 amide bonds. The predicted molar refractivity (Wildman–Crippen MR) is 80.7 cm³/mol. The first-order valence-electron chi connectivity index (χ1n) is 7.40. The van der Waals surface area contributed by atoms with Crippen LogP contribution in [0.4, 0.5) is 0 Å². The second-order valence-corrected chi connectivity index (χ2v) is 6.16. The van der Waals surface area contributed by atoms with Crippen LogP contribution >= 0.6 is 11.6 Å². The van der Waals surface area contributed by atoms with E-state index in [0.717, 1.165) is 42.2 Å². The van der Waals surface area contributed by atoms with Crippen molar-refractivity contribution in [1.82, 2.24) is 15.1 Å². The number of aryl methyl sites for hydroxylation is 2. The Bertz CT molecular complexity index is 513. The largest absolute Gasteiger partial charge is 0.297 e. The summed E-state index contributed by atoms with van der Waals surface area (Å²) >= 11 is 6.15. The van der Waals surface area contributed by atoms with Crippen LogP contribution in [0.5, 0.6) is 0 Å². The number of rotatable bonds is 7. The second-order valence-electron chi connectivity index (χ2n) is 5.78. The molecule has 1 N–H and O–H groups in total. The summed E-state index contributed by atoms with van der Waals surface area (Å²) in [6.07, 6.45) is 5.04. The molecular formula is C15H23ClN4. The van der Waals surface area contributed by atoms with Crippen molar-refractivity contribution in [3.05, 3.63) is 16.4 Å². The Kier molecular flexibility index (Phi) is 4.72. The average Bonchev–Trinajstić information content (AvgIpc) is 3.23. The SMILES string of the molecule is CCC(C#N)(CCCn1nc(C)c(Cl)c1C)NC1CC1. The minimum absolute atomic E-state index is 0.374. The minimum Gasteiger partial charge on any atom is -0.297 e. The molecule has 5 heteroatoms. The number of nitriles is 1. The summed E-state index contributed by atoms with van der Waals surface area (Å²) < 4.78 is 1.95. The Morgan fingerprint density at radius 2 is 2.20 bits per heavy atom. The lowest BCUT2D eigenvalue weighted by Gasteiger charge is -2.26. The van der Waals surface area contributed by atoms with E-state index >= 15 is 0 Å². The van der Waals surface area contributed by atoms with Gasteiger partial charge in [0, 0.05) is 12.6 Å². The molecule has 0 aliphatic heterocycles. The van der Waals surface area contributed by atoms with Crippen molar-refractivity contribution in [2.75, 3.05) is 0 Å². The molecule has 1 unspecified atom stereocenters. The fraction of sp³-hybridized carbons (Fsp3) is 0.733. The van der Waals surface area contributed by atoms with Crippen molar-refractivity contribution >= 4 is 11.6 Å². The van der Waals surface area contributed by atoms with Gasteiger partial charge in [-0.2, -0.15) is 10.4 Å². The lowest BCUT2D eigenvalue weighted by atomic mass is 9.92. The van der Waals surface area contributed by atoms with Crippen LogP contribution in [0.25, 0.3) is 0 Å². The van der Waals surface area contributed by atoms with Crippen LogP contribution in [0, 0.1) is 25.2 Å². The summed E-state index contributed by atoms with van der Waals surface area (Å²) in [7, 11) is 0. The number of halogens is 1. The van der Waals surface area contributed by atoms with Gasteiger partial charge in [0.25, 0.3) is 0 Å². The Labute approximate surface area is 126 Å². The molecule has 1 aromatic heterocycles. The molecule has 4 nitrogen and oxygen atoms in total. The third kappa shape index (κ3) is 3.34. The predicted octanol–water partition coefficient (Wildman–Crippen LogP) is 3.36. The molecule has 0 bridgehead atoms. The van der Waals surface area contributed by atoms with Gasteiger partial charge in [0.1, 0.15) is 5.54 Å². The fourth-order valence-corrected chi connectivity index (χ4v) is 2.70. The topological polar surface area (TPSA) is 53.6 Å². The molecule has 1 heterocycles. The number of hydrogen-bond acceptors (Lipinski definition) is 3. The zero-order valence-electron chi connectivity index (χ0n) is 12.5. The average molecular weight is 295 g/mol. The van der Waals surface area contributed by atoms with E-state index in [-0.39, 0.29) is 5.54 Å². The van der Waals surface area contributed by atoms with Gasteiger partial charge < -0.3 is 0 Å². The molecular weight excluding hydrogens is 272 g/mol. The van der Waals surface area contributed by atoms with Crippen molar-refractivity contribution in [3.63, 3.8) is 0 Å². The minimum atomic E-state index is -0.374. The van der Waals surface area contributed by atoms with Crippen LogP contribution in [0.3, 0.4) is 0 Å². The molecule has 1 aromatic rings. The van der Waals surface area contributed by atoms with Gasteiger partial charge in [-0.1, -0.05) is 18.5 Å². The summed E-state index contributed by atoms with van der Waals surface area (Å²) in [5.41, 5.74) is 1.52. The molecule has 0 saturated heterocycles. The Balaban J connectivity index is 1.92. The monoisotopic (exact) mass is 294 g/mol. The van der Waals surface area contributed by atoms with E-state index in [1.807, 2.05) is 18.5 Å². The first kappa shape index (κ1) is 15.3. The first-order valence-corrected chi connectivity index (χ1v) is 7.77. The Morgan fingerprint density at radius 1 is 1.50 bits per heavy atom. The molecule has 1 aliphatic carbocycles. The normalized spacial score (nSPS) is 17.8. The summed E-state index contributed by atoms with van der Waals surface area (Å²) in [4.78, 5) is 0. The van der Waals surface area contributed by atoms with Gasteiger partial charge in [-0.05, 0) is 46.0 Å². The van der Waals surface area contributed by atoms with Gasteiger partial charge in [-0.25, -0.2) is 0 Å². The van der Waals surface area contributed by atoms with E-state index in [9.17, 15) is 5.26 Å². The van der Waals surface area contributed by atoms with Crippen LogP contribution in [-0.4, -0.2) is 21.4 Å². The van der Waals surface area contributed by atoms with Crippen LogP contribution in [0.15, 0.2) is 0 Å². The van der Waals surface area contributed by atoms with Gasteiger partial charge in [0.15, 0.2) is 0 Å². The quantitative estimate of drug-likeness (QED) is 0.839. The highest BCUT2D eigenvalue weighted by Gasteiger charge is 2.34. The maximum atomic E-state index is 9.50. The lowest BCUT2D eigenvalue weighted by Crippen LogP contribution is -2.44. The molecule has 110 valence electrons. The van der Waals surface area contributed by atoms with Crippen molar-refractivity contribution in [2.45, 2.75) is 71.0 Å². The number of nitrogens with zero attached hydrogens (tertiary/aromatic N) is 3. The van der Waals surface area contributed by atoms with Crippen LogP contribution in [-0.2, 0) is 6.54 Å². The summed E-state index contributed by atoms with van der Waals surface area (Å²) in [5, 5.41) is 18.2. The van der Waals surface area contributed by atoms with Crippen molar-refractivity contribution in [1.29, 1.82) is 5.26 Å². The summed E-state index contributed by atoms with van der Waals surface area (Å²) in [5.74, 6) is 0. The van der Waals surface area contributed by atoms with Gasteiger partial charge in [0.05, 0.1) is 22.5 Å². The van der Waals surface area contributed by atoms with Crippen LogP contribution < -0.4 is 5.32 Å². The molecule has 0 spiro atoms. The molecule has 0 radical (unpaired) electrons. The second kappa shape index (κ2) is 6.15. The zero-order valence-corrected chi connectivity index (χ0v) is 13.3. The third-order valence-corrected chi connectivity index (χ3v) is 4.69. The van der Waals surface area contributed by atoms with E-state index in [0.29, 0.717) is 6.04 Å². The number of aromatic nitrogens is 2. The molecule has 0 aromatic carbocycles. The van der Waals surface area contributed by atoms with E-state index in [1.165, 1.54) is 12.8 Å². The highest BCUT2D eigenvalue weighted by Crippen LogP contribution is 2.27. The molecule has 20 heavy (non-hydrogen) atoms. The number of hydrogen-bond donors (Lipinski definition) is 1. The van der Waals surface area contributed by atoms with Crippen LogP contribution in [0.2, 0.25) is 5.02 Å². The van der Waals surface area contributed by atoms with Crippen molar-refractivity contribution < 1.29 is 0 Å². The highest BCUT2D eigenvalue weighted by molar-refractivity contribution is 6.31. The lowest BCUT2D eigenvalue weighted by molar-refractivity contribution is 0.347. The zero-order chi connectivity index (χ0) is 14.8. The van der Waals surface area contributed by atoms with E-state index in [4.69, 9.17) is 11.6 Å². The Hall–Kier alpha value is -1.05. The molecule has 1 fully saturated rings. The molecule has 1 saturated carbocycles. The molecule has 1 aliphatic rings. The van der Waals surface area contributed by atoms with Crippen molar-refractivity contribution in [2.24, 2.45) is 0 Å². The third-order valence-electron chi connectivity index (χ3n) is 4.14. The summed E-state index contributed by atoms with van der Waals surface area (Å²) in [6, 6.07) is 3.04. The van der Waals surface area contributed by atoms with Gasteiger partial charge in [0.2, 0.25) is 0 Å². The maximum absolute atomic E-state index is 9.50. The van der Waals surface area contributed by atoms with Gasteiger partial charge in [-0.3, -0.25) is 10.00 Å². The van der Waals surface area contributed by atoms with Crippen molar-refractivity contribution in [3.8, 4) is 6.07 Å². The standard InChI is InChI=1S/C15H23ClN4/c1-4-15(10-17,18-13-6-7-13)8-5-9-20-12(3)14(16)11(2)19-20/h13,18H,4-9H2,1-3H3. The number of nitrogens with one attached hydrogen (secondary N) is 1. The van der Waals surface area contributed by atoms with E-state index in [1.54, 1.807) is 0 Å². The first-order chi connectivity index (χ1) is 9.51. The van der Waals surface area contributed by atoms with E-state index in [2.05, 4.69) is 23.4 Å². The smallest absolute Gasteiger partial charge is 0.106 e. The molecule has 1 atom stereocenters. The fourth-order valence-electron chi connectivity index (χ4n) is 2.56. The van der Waals surface area contributed by atoms with Gasteiger partial charge in [-0.15, -0.1) is 0 Å². The van der Waals surface area contributed by atoms with Crippen LogP contribution in [0.1, 0.15) is 50.4 Å². The highest BCUT2D eigenvalue weighted by atomic mass is 35.5.